The average Bonchev–Trinajstić information content (AvgIpc) is 3.16. The van der Waals surface area contributed by atoms with E-state index >= 15 is 0 Å². The Morgan fingerprint density at radius 2 is 2.26 bits per heavy atom. The molecule has 4 atom stereocenters. The van der Waals surface area contributed by atoms with Crippen LogP contribution in [0.15, 0.2) is 36.5 Å². The number of carbonyl (C=O) groups is 1. The van der Waals surface area contributed by atoms with Crippen LogP contribution in [-0.4, -0.2) is 42.9 Å². The molecule has 4 rings (SSSR count). The molecule has 0 bridgehead atoms. The number of benzene rings is 1. The van der Waals surface area contributed by atoms with Gasteiger partial charge in [0.2, 0.25) is 5.91 Å². The van der Waals surface area contributed by atoms with Gasteiger partial charge in [0.25, 0.3) is 0 Å². The lowest BCUT2D eigenvalue weighted by atomic mass is 9.67. The summed E-state index contributed by atoms with van der Waals surface area (Å²) in [5.41, 5.74) is 1.09. The minimum Gasteiger partial charge on any atom is -0.384 e. The number of nitrogens with zero attached hydrogens (tertiary/aromatic N) is 1. The maximum atomic E-state index is 12.5. The highest BCUT2D eigenvalue weighted by molar-refractivity contribution is 5.83. The number of ether oxygens (including phenoxy) is 2. The number of carbonyl (C=O) groups excluding carboxylic acids is 1. The Hall–Kier alpha value is -1.85. The first kappa shape index (κ1) is 14.7. The fourth-order valence-electron chi connectivity index (χ4n) is 4.10. The molecule has 2 aromatic rings. The van der Waals surface area contributed by atoms with E-state index in [2.05, 4.69) is 11.4 Å². The molecule has 2 aliphatic rings. The number of nitrogens with one attached hydrogen (secondary N) is 1. The summed E-state index contributed by atoms with van der Waals surface area (Å²) < 4.78 is 13.0. The Morgan fingerprint density at radius 3 is 3.13 bits per heavy atom. The van der Waals surface area contributed by atoms with Gasteiger partial charge in [-0.1, -0.05) is 18.2 Å². The van der Waals surface area contributed by atoms with Crippen LogP contribution in [0.1, 0.15) is 6.42 Å². The number of rotatable bonds is 5. The van der Waals surface area contributed by atoms with Gasteiger partial charge in [-0.25, -0.2) is 0 Å². The summed E-state index contributed by atoms with van der Waals surface area (Å²) in [6.07, 6.45) is 3.26. The van der Waals surface area contributed by atoms with Gasteiger partial charge in [0, 0.05) is 43.3 Å². The van der Waals surface area contributed by atoms with Gasteiger partial charge >= 0.3 is 0 Å². The van der Waals surface area contributed by atoms with E-state index in [0.717, 1.165) is 23.9 Å². The molecule has 1 N–H and O–H groups in total. The minimum absolute atomic E-state index is 0.0582. The number of hydrogen-bond acceptors (Lipinski definition) is 3. The van der Waals surface area contributed by atoms with Gasteiger partial charge in [-0.05, 0) is 23.9 Å². The maximum Gasteiger partial charge on any atom is 0.240 e. The van der Waals surface area contributed by atoms with Crippen LogP contribution in [0.5, 0.6) is 0 Å². The monoisotopic (exact) mass is 314 g/mol. The quantitative estimate of drug-likeness (QED) is 0.916. The minimum atomic E-state index is 0.0582. The first-order valence-electron chi connectivity index (χ1n) is 8.21. The SMILES string of the molecule is COC[C@H]1[C@@H](NC(=O)Cn2ccc3ccccc32)[C@H]2CCO[C@H]21. The summed E-state index contributed by atoms with van der Waals surface area (Å²) in [6, 6.07) is 10.3. The van der Waals surface area contributed by atoms with Gasteiger partial charge in [0.05, 0.1) is 12.7 Å². The Labute approximate surface area is 135 Å². The van der Waals surface area contributed by atoms with Crippen molar-refractivity contribution in [3.05, 3.63) is 36.5 Å². The molecule has 1 aliphatic carbocycles. The lowest BCUT2D eigenvalue weighted by Crippen LogP contribution is -2.63. The lowest BCUT2D eigenvalue weighted by molar-refractivity contribution is -0.130. The highest BCUT2D eigenvalue weighted by atomic mass is 16.5. The summed E-state index contributed by atoms with van der Waals surface area (Å²) >= 11 is 0. The van der Waals surface area contributed by atoms with Crippen molar-refractivity contribution in [1.29, 1.82) is 0 Å². The van der Waals surface area contributed by atoms with Gasteiger partial charge in [-0.15, -0.1) is 0 Å². The second-order valence-electron chi connectivity index (χ2n) is 6.50. The molecule has 1 amide bonds. The normalized spacial score (nSPS) is 29.3. The second kappa shape index (κ2) is 5.98. The zero-order valence-electron chi connectivity index (χ0n) is 13.3. The van der Waals surface area contributed by atoms with E-state index in [-0.39, 0.29) is 24.0 Å². The summed E-state index contributed by atoms with van der Waals surface area (Å²) in [5.74, 6) is 0.779. The Morgan fingerprint density at radius 1 is 1.39 bits per heavy atom. The van der Waals surface area contributed by atoms with E-state index < -0.39 is 0 Å². The van der Waals surface area contributed by atoms with Gasteiger partial charge in [0.15, 0.2) is 0 Å². The molecule has 1 aliphatic heterocycles. The molecule has 0 radical (unpaired) electrons. The third-order valence-corrected chi connectivity index (χ3v) is 5.21. The Kier molecular flexibility index (Phi) is 3.83. The van der Waals surface area contributed by atoms with Crippen LogP contribution in [-0.2, 0) is 20.8 Å². The maximum absolute atomic E-state index is 12.5. The lowest BCUT2D eigenvalue weighted by Gasteiger charge is -2.47. The van der Waals surface area contributed by atoms with Crippen molar-refractivity contribution in [2.75, 3.05) is 20.3 Å². The van der Waals surface area contributed by atoms with Gasteiger partial charge < -0.3 is 19.4 Å². The van der Waals surface area contributed by atoms with Gasteiger partial charge in [-0.2, -0.15) is 0 Å². The van der Waals surface area contributed by atoms with Crippen molar-refractivity contribution in [3.8, 4) is 0 Å². The number of methoxy groups -OCH3 is 1. The van der Waals surface area contributed by atoms with E-state index in [4.69, 9.17) is 9.47 Å². The first-order chi connectivity index (χ1) is 11.3. The molecular formula is C18H22N2O3. The summed E-state index contributed by atoms with van der Waals surface area (Å²) in [7, 11) is 1.70. The van der Waals surface area contributed by atoms with Crippen molar-refractivity contribution in [2.45, 2.75) is 25.1 Å². The molecule has 1 saturated heterocycles. The standard InChI is InChI=1S/C18H22N2O3/c1-22-11-14-17(13-7-9-23-18(13)14)19-16(21)10-20-8-6-12-4-2-3-5-15(12)20/h2-6,8,13-14,17-18H,7,9-11H2,1H3,(H,19,21)/t13-,14+,17+,18-/m1/s1. The Bertz CT molecular complexity index is 711. The predicted octanol–water partition coefficient (Wildman–Crippen LogP) is 1.81. The zero-order valence-corrected chi connectivity index (χ0v) is 13.3. The van der Waals surface area contributed by atoms with Gasteiger partial charge in [-0.3, -0.25) is 4.79 Å². The number of hydrogen-bond donors (Lipinski definition) is 1. The van der Waals surface area contributed by atoms with Crippen molar-refractivity contribution in [3.63, 3.8) is 0 Å². The summed E-state index contributed by atoms with van der Waals surface area (Å²) in [6.45, 7) is 1.78. The molecule has 0 spiro atoms. The van der Waals surface area contributed by atoms with E-state index in [0.29, 0.717) is 19.1 Å². The molecule has 23 heavy (non-hydrogen) atoms. The first-order valence-corrected chi connectivity index (χ1v) is 8.21. The molecule has 1 aromatic carbocycles. The number of fused-ring (bicyclic) bond motifs is 2. The van der Waals surface area contributed by atoms with Crippen molar-refractivity contribution in [2.24, 2.45) is 11.8 Å². The molecular weight excluding hydrogens is 292 g/mol. The summed E-state index contributed by atoms with van der Waals surface area (Å²) in [5, 5.41) is 4.36. The number of para-hydroxylation sites is 1. The molecule has 5 heteroatoms. The van der Waals surface area contributed by atoms with Crippen LogP contribution in [0.2, 0.25) is 0 Å². The van der Waals surface area contributed by atoms with E-state index in [1.807, 2.05) is 35.0 Å². The van der Waals surface area contributed by atoms with Crippen LogP contribution >= 0.6 is 0 Å². The topological polar surface area (TPSA) is 52.5 Å². The largest absolute Gasteiger partial charge is 0.384 e. The van der Waals surface area contributed by atoms with Crippen molar-refractivity contribution < 1.29 is 14.3 Å². The molecule has 2 heterocycles. The molecule has 1 aromatic heterocycles. The fourth-order valence-corrected chi connectivity index (χ4v) is 4.10. The van der Waals surface area contributed by atoms with E-state index in [1.165, 1.54) is 0 Å². The second-order valence-corrected chi connectivity index (χ2v) is 6.50. The average molecular weight is 314 g/mol. The smallest absolute Gasteiger partial charge is 0.240 e. The van der Waals surface area contributed by atoms with Crippen LogP contribution in [0, 0.1) is 11.8 Å². The molecule has 122 valence electrons. The van der Waals surface area contributed by atoms with Crippen LogP contribution in [0.4, 0.5) is 0 Å². The number of amides is 1. The molecule has 1 saturated carbocycles. The zero-order chi connectivity index (χ0) is 15.8. The molecule has 0 unspecified atom stereocenters. The molecule has 2 fully saturated rings. The number of aromatic nitrogens is 1. The Balaban J connectivity index is 1.43. The fraction of sp³-hybridized carbons (Fsp3) is 0.500. The third kappa shape index (κ3) is 2.54. The van der Waals surface area contributed by atoms with Gasteiger partial charge in [0.1, 0.15) is 6.54 Å². The molecule has 5 nitrogen and oxygen atoms in total. The van der Waals surface area contributed by atoms with Crippen LogP contribution in [0.25, 0.3) is 10.9 Å². The van der Waals surface area contributed by atoms with Crippen LogP contribution < -0.4 is 5.32 Å². The highest BCUT2D eigenvalue weighted by Crippen LogP contribution is 2.43. The van der Waals surface area contributed by atoms with Crippen LogP contribution in [0.3, 0.4) is 0 Å². The summed E-state index contributed by atoms with van der Waals surface area (Å²) in [4.78, 5) is 12.5. The van der Waals surface area contributed by atoms with E-state index in [1.54, 1.807) is 7.11 Å². The predicted molar refractivity (Wildman–Crippen MR) is 87.1 cm³/mol. The van der Waals surface area contributed by atoms with Crippen molar-refractivity contribution >= 4 is 16.8 Å². The van der Waals surface area contributed by atoms with E-state index in [9.17, 15) is 4.79 Å². The highest BCUT2D eigenvalue weighted by Gasteiger charge is 2.54. The van der Waals surface area contributed by atoms with Crippen molar-refractivity contribution in [1.82, 2.24) is 9.88 Å². The third-order valence-electron chi connectivity index (χ3n) is 5.21.